The second kappa shape index (κ2) is 6.44. The van der Waals surface area contributed by atoms with E-state index in [1.54, 1.807) is 0 Å². The normalized spacial score (nSPS) is 11.9. The quantitative estimate of drug-likeness (QED) is 0.519. The molecule has 0 aromatic heterocycles. The predicted octanol–water partition coefficient (Wildman–Crippen LogP) is 5.97. The second-order valence-corrected chi connectivity index (χ2v) is 5.55. The fourth-order valence-electron chi connectivity index (χ4n) is 2.86. The fourth-order valence-corrected chi connectivity index (χ4v) is 2.86. The van der Waals surface area contributed by atoms with Crippen LogP contribution in [0.2, 0.25) is 0 Å². The molecule has 0 unspecified atom stereocenters. The lowest BCUT2D eigenvalue weighted by Gasteiger charge is -2.16. The molecule has 0 fully saturated rings. The molecule has 3 aromatic carbocycles. The summed E-state index contributed by atoms with van der Waals surface area (Å²) in [6, 6.07) is 29.9. The van der Waals surface area contributed by atoms with Crippen molar-refractivity contribution in [2.45, 2.75) is 13.8 Å². The number of rotatable bonds is 3. The lowest BCUT2D eigenvalue weighted by molar-refractivity contribution is 1.40. The van der Waals surface area contributed by atoms with Gasteiger partial charge in [0.05, 0.1) is 0 Å². The monoisotopic (exact) mass is 284 g/mol. The van der Waals surface area contributed by atoms with Crippen molar-refractivity contribution in [1.29, 1.82) is 0 Å². The summed E-state index contributed by atoms with van der Waals surface area (Å²) in [6.07, 6.45) is 0. The fraction of sp³-hybridized carbons (Fsp3) is 0.0909. The molecule has 3 rings (SSSR count). The number of hydrogen-bond donors (Lipinski definition) is 0. The molecule has 0 aliphatic heterocycles. The van der Waals surface area contributed by atoms with Gasteiger partial charge in [0.2, 0.25) is 0 Å². The van der Waals surface area contributed by atoms with Crippen LogP contribution < -0.4 is 0 Å². The molecule has 0 atom stereocenters. The number of benzene rings is 3. The molecular formula is C22H20. The van der Waals surface area contributed by atoms with Gasteiger partial charge in [-0.05, 0) is 47.2 Å². The molecule has 0 nitrogen and oxygen atoms in total. The summed E-state index contributed by atoms with van der Waals surface area (Å²) in [5.74, 6) is 0. The van der Waals surface area contributed by atoms with E-state index in [0.29, 0.717) is 0 Å². The molecule has 0 bridgehead atoms. The first-order valence-electron chi connectivity index (χ1n) is 7.65. The van der Waals surface area contributed by atoms with Gasteiger partial charge >= 0.3 is 0 Å². The first-order valence-corrected chi connectivity index (χ1v) is 7.65. The lowest BCUT2D eigenvalue weighted by atomic mass is 9.88. The number of hydrogen-bond acceptors (Lipinski definition) is 0. The SMILES string of the molecule is C/C(=C(/c1ccccc1)c1ccccc1C)c1ccccc1. The van der Waals surface area contributed by atoms with Gasteiger partial charge in [-0.25, -0.2) is 0 Å². The zero-order chi connectivity index (χ0) is 15.4. The van der Waals surface area contributed by atoms with Crippen LogP contribution in [0.1, 0.15) is 29.2 Å². The Morgan fingerprint density at radius 2 is 1.09 bits per heavy atom. The maximum atomic E-state index is 2.21. The van der Waals surface area contributed by atoms with Crippen molar-refractivity contribution in [3.05, 3.63) is 107 Å². The minimum atomic E-state index is 1.26. The Morgan fingerprint density at radius 3 is 1.68 bits per heavy atom. The molecule has 0 heterocycles. The minimum absolute atomic E-state index is 1.26. The summed E-state index contributed by atoms with van der Waals surface area (Å²) < 4.78 is 0. The van der Waals surface area contributed by atoms with E-state index in [4.69, 9.17) is 0 Å². The average Bonchev–Trinajstić information content (AvgIpc) is 2.58. The van der Waals surface area contributed by atoms with Gasteiger partial charge in [0.1, 0.15) is 0 Å². The summed E-state index contributed by atoms with van der Waals surface area (Å²) in [4.78, 5) is 0. The Kier molecular flexibility index (Phi) is 4.20. The molecule has 0 aliphatic rings. The van der Waals surface area contributed by atoms with Crippen molar-refractivity contribution >= 4 is 11.1 Å². The van der Waals surface area contributed by atoms with Gasteiger partial charge in [0.15, 0.2) is 0 Å². The van der Waals surface area contributed by atoms with Crippen LogP contribution in [0.5, 0.6) is 0 Å². The zero-order valence-corrected chi connectivity index (χ0v) is 13.1. The van der Waals surface area contributed by atoms with Crippen molar-refractivity contribution in [2.24, 2.45) is 0 Å². The molecule has 108 valence electrons. The topological polar surface area (TPSA) is 0 Å². The largest absolute Gasteiger partial charge is 0.0622 e. The van der Waals surface area contributed by atoms with Crippen LogP contribution in [0.25, 0.3) is 11.1 Å². The Hall–Kier alpha value is -2.60. The number of aryl methyl sites for hydroxylation is 1. The molecule has 0 amide bonds. The third-order valence-electron chi connectivity index (χ3n) is 4.06. The third-order valence-corrected chi connectivity index (χ3v) is 4.06. The van der Waals surface area contributed by atoms with E-state index in [0.717, 1.165) is 0 Å². The third kappa shape index (κ3) is 2.87. The van der Waals surface area contributed by atoms with Crippen LogP contribution in [0.4, 0.5) is 0 Å². The maximum Gasteiger partial charge on any atom is -0.00735 e. The van der Waals surface area contributed by atoms with E-state index in [1.165, 1.54) is 33.4 Å². The van der Waals surface area contributed by atoms with E-state index in [9.17, 15) is 0 Å². The highest BCUT2D eigenvalue weighted by molar-refractivity contribution is 5.98. The Balaban J connectivity index is 2.27. The summed E-state index contributed by atoms with van der Waals surface area (Å²) >= 11 is 0. The predicted molar refractivity (Wildman–Crippen MR) is 95.7 cm³/mol. The summed E-state index contributed by atoms with van der Waals surface area (Å²) in [5.41, 5.74) is 7.75. The van der Waals surface area contributed by atoms with Crippen molar-refractivity contribution in [3.63, 3.8) is 0 Å². The standard InChI is InChI=1S/C22H20/c1-17-11-9-10-16-21(17)22(20-14-7-4-8-15-20)18(2)19-12-5-3-6-13-19/h3-16H,1-2H3/b22-18+. The summed E-state index contributed by atoms with van der Waals surface area (Å²) in [7, 11) is 0. The average molecular weight is 284 g/mol. The smallest absolute Gasteiger partial charge is 0.00735 e. The van der Waals surface area contributed by atoms with Crippen molar-refractivity contribution in [3.8, 4) is 0 Å². The van der Waals surface area contributed by atoms with E-state index >= 15 is 0 Å². The van der Waals surface area contributed by atoms with Gasteiger partial charge in [-0.2, -0.15) is 0 Å². The minimum Gasteiger partial charge on any atom is -0.0622 e. The first-order chi connectivity index (χ1) is 10.8. The summed E-state index contributed by atoms with van der Waals surface area (Å²) in [5, 5.41) is 0. The lowest BCUT2D eigenvalue weighted by Crippen LogP contribution is -1.95. The van der Waals surface area contributed by atoms with E-state index < -0.39 is 0 Å². The van der Waals surface area contributed by atoms with Crippen molar-refractivity contribution < 1.29 is 0 Å². The van der Waals surface area contributed by atoms with Gasteiger partial charge in [-0.15, -0.1) is 0 Å². The Morgan fingerprint density at radius 1 is 0.591 bits per heavy atom. The van der Waals surface area contributed by atoms with E-state index in [1.807, 2.05) is 0 Å². The molecule has 0 N–H and O–H groups in total. The van der Waals surface area contributed by atoms with Gasteiger partial charge in [-0.3, -0.25) is 0 Å². The molecule has 0 saturated heterocycles. The van der Waals surface area contributed by atoms with Crippen LogP contribution in [-0.2, 0) is 0 Å². The van der Waals surface area contributed by atoms with Crippen molar-refractivity contribution in [1.82, 2.24) is 0 Å². The molecule has 0 aliphatic carbocycles. The van der Waals surface area contributed by atoms with Gasteiger partial charge in [-0.1, -0.05) is 84.9 Å². The van der Waals surface area contributed by atoms with Crippen LogP contribution in [0.15, 0.2) is 84.9 Å². The molecular weight excluding hydrogens is 264 g/mol. The Labute approximate surface area is 132 Å². The molecule has 22 heavy (non-hydrogen) atoms. The maximum absolute atomic E-state index is 2.21. The van der Waals surface area contributed by atoms with Crippen LogP contribution in [0.3, 0.4) is 0 Å². The van der Waals surface area contributed by atoms with Gasteiger partial charge in [0.25, 0.3) is 0 Å². The van der Waals surface area contributed by atoms with Gasteiger partial charge in [0, 0.05) is 0 Å². The highest BCUT2D eigenvalue weighted by Crippen LogP contribution is 2.33. The zero-order valence-electron chi connectivity index (χ0n) is 13.1. The molecule has 0 saturated carbocycles. The molecule has 0 heteroatoms. The van der Waals surface area contributed by atoms with Crippen molar-refractivity contribution in [2.75, 3.05) is 0 Å². The molecule has 3 aromatic rings. The Bertz CT molecular complexity index is 781. The van der Waals surface area contributed by atoms with Crippen LogP contribution >= 0.6 is 0 Å². The highest BCUT2D eigenvalue weighted by atomic mass is 14.2. The van der Waals surface area contributed by atoms with Crippen LogP contribution in [0, 0.1) is 6.92 Å². The van der Waals surface area contributed by atoms with E-state index in [-0.39, 0.29) is 0 Å². The second-order valence-electron chi connectivity index (χ2n) is 5.55. The summed E-state index contributed by atoms with van der Waals surface area (Å²) in [6.45, 7) is 4.39. The molecule has 0 spiro atoms. The van der Waals surface area contributed by atoms with E-state index in [2.05, 4.69) is 98.8 Å². The first kappa shape index (κ1) is 14.3. The number of allylic oxidation sites excluding steroid dienone is 1. The molecule has 0 radical (unpaired) electrons. The van der Waals surface area contributed by atoms with Crippen LogP contribution in [-0.4, -0.2) is 0 Å². The highest BCUT2D eigenvalue weighted by Gasteiger charge is 2.12. The van der Waals surface area contributed by atoms with Gasteiger partial charge < -0.3 is 0 Å².